The molecule has 1 heterocycles. The van der Waals surface area contributed by atoms with Crippen molar-refractivity contribution in [3.63, 3.8) is 0 Å². The van der Waals surface area contributed by atoms with Crippen LogP contribution in [0.1, 0.15) is 26.3 Å². The first-order valence-electron chi connectivity index (χ1n) is 8.12. The second-order valence-corrected chi connectivity index (χ2v) is 8.86. The molecule has 0 radical (unpaired) electrons. The quantitative estimate of drug-likeness (QED) is 0.753. The van der Waals surface area contributed by atoms with Crippen LogP contribution in [-0.2, 0) is 19.4 Å². The highest BCUT2D eigenvalue weighted by Crippen LogP contribution is 2.37. The van der Waals surface area contributed by atoms with E-state index in [9.17, 15) is 13.2 Å². The minimum atomic E-state index is -4.07. The zero-order valence-electron chi connectivity index (χ0n) is 15.1. The number of para-hydroxylation sites is 1. The number of carbonyl (C=O) groups is 1. The highest BCUT2D eigenvalue weighted by Gasteiger charge is 2.40. The number of sulfone groups is 1. The van der Waals surface area contributed by atoms with Crippen molar-refractivity contribution in [3.8, 4) is 0 Å². The molecule has 136 valence electrons. The second kappa shape index (κ2) is 6.25. The summed E-state index contributed by atoms with van der Waals surface area (Å²) in [5, 5.41) is 4.98. The molecule has 7 heteroatoms. The zero-order valence-corrected chi connectivity index (χ0v) is 15.9. The van der Waals surface area contributed by atoms with Crippen molar-refractivity contribution in [2.45, 2.75) is 38.2 Å². The van der Waals surface area contributed by atoms with Crippen LogP contribution in [0, 0.1) is 6.92 Å². The summed E-state index contributed by atoms with van der Waals surface area (Å²) >= 11 is 0. The largest absolute Gasteiger partial charge is 0.455 e. The first-order chi connectivity index (χ1) is 12.1. The average Bonchev–Trinajstić information content (AvgIpc) is 2.54. The lowest BCUT2D eigenvalue weighted by Crippen LogP contribution is -2.37. The Morgan fingerprint density at radius 1 is 1.04 bits per heavy atom. The van der Waals surface area contributed by atoms with Gasteiger partial charge in [-0.05, 0) is 52.0 Å². The van der Waals surface area contributed by atoms with Crippen LogP contribution in [0.25, 0.3) is 0 Å². The summed E-state index contributed by atoms with van der Waals surface area (Å²) in [6, 6.07) is 13.9. The van der Waals surface area contributed by atoms with Crippen LogP contribution in [0.4, 0.5) is 11.4 Å². The van der Waals surface area contributed by atoms with E-state index in [4.69, 9.17) is 4.74 Å². The number of hydrazone groups is 1. The van der Waals surface area contributed by atoms with Crippen LogP contribution in [0.5, 0.6) is 0 Å². The van der Waals surface area contributed by atoms with E-state index in [0.29, 0.717) is 11.4 Å². The Labute approximate surface area is 153 Å². The summed E-state index contributed by atoms with van der Waals surface area (Å²) in [5.41, 5.74) is 1.27. The first kappa shape index (κ1) is 18.1. The molecule has 0 amide bonds. The van der Waals surface area contributed by atoms with Crippen molar-refractivity contribution in [2.24, 2.45) is 5.10 Å². The van der Waals surface area contributed by atoms with Crippen LogP contribution >= 0.6 is 0 Å². The second-order valence-electron chi connectivity index (χ2n) is 7.03. The number of nitrogens with zero attached hydrogens (tertiary/aromatic N) is 2. The molecule has 0 spiro atoms. The van der Waals surface area contributed by atoms with Crippen LogP contribution < -0.4 is 5.01 Å². The summed E-state index contributed by atoms with van der Waals surface area (Å²) < 4.78 is 31.1. The maximum absolute atomic E-state index is 12.9. The van der Waals surface area contributed by atoms with Gasteiger partial charge in [0.1, 0.15) is 5.60 Å². The number of esters is 1. The fourth-order valence-corrected chi connectivity index (χ4v) is 3.86. The van der Waals surface area contributed by atoms with Gasteiger partial charge >= 0.3 is 5.97 Å². The van der Waals surface area contributed by atoms with Crippen LogP contribution in [0.3, 0.4) is 0 Å². The van der Waals surface area contributed by atoms with Gasteiger partial charge in [0.2, 0.25) is 9.84 Å². The van der Waals surface area contributed by atoms with Crippen molar-refractivity contribution in [2.75, 3.05) is 5.01 Å². The third-order valence-electron chi connectivity index (χ3n) is 3.68. The van der Waals surface area contributed by atoms with E-state index in [1.54, 1.807) is 39.0 Å². The summed E-state index contributed by atoms with van der Waals surface area (Å²) in [6.07, 6.45) is 0. The molecule has 0 aromatic heterocycles. The molecular weight excluding hydrogens is 352 g/mol. The molecule has 0 saturated heterocycles. The molecule has 1 aliphatic heterocycles. The fourth-order valence-electron chi connectivity index (χ4n) is 2.52. The number of benzene rings is 2. The molecule has 26 heavy (non-hydrogen) atoms. The lowest BCUT2D eigenvalue weighted by atomic mass is 10.2. The lowest BCUT2D eigenvalue weighted by Gasteiger charge is -2.28. The van der Waals surface area contributed by atoms with Crippen molar-refractivity contribution < 1.29 is 17.9 Å². The number of aryl methyl sites for hydroxylation is 1. The van der Waals surface area contributed by atoms with Gasteiger partial charge in [-0.2, -0.15) is 0 Å². The lowest BCUT2D eigenvalue weighted by molar-refractivity contribution is -0.145. The monoisotopic (exact) mass is 372 g/mol. The molecule has 2 aromatic carbocycles. The molecule has 0 N–H and O–H groups in total. The van der Waals surface area contributed by atoms with E-state index in [1.807, 2.05) is 31.2 Å². The van der Waals surface area contributed by atoms with Crippen LogP contribution in [0.2, 0.25) is 0 Å². The molecule has 1 aliphatic rings. The average molecular weight is 372 g/mol. The summed E-state index contributed by atoms with van der Waals surface area (Å²) in [7, 11) is -4.07. The van der Waals surface area contributed by atoms with E-state index in [-0.39, 0.29) is 4.90 Å². The Morgan fingerprint density at radius 3 is 2.27 bits per heavy atom. The molecule has 0 atom stereocenters. The molecule has 0 aliphatic carbocycles. The Morgan fingerprint density at radius 2 is 1.65 bits per heavy atom. The molecule has 6 nitrogen and oxygen atoms in total. The number of hydrogen-bond donors (Lipinski definition) is 0. The summed E-state index contributed by atoms with van der Waals surface area (Å²) in [5.74, 6) is -0.968. The number of fused-ring (bicyclic) bond motifs is 1. The topological polar surface area (TPSA) is 76.0 Å². The van der Waals surface area contributed by atoms with Crippen molar-refractivity contribution in [3.05, 3.63) is 54.1 Å². The van der Waals surface area contributed by atoms with Gasteiger partial charge in [0, 0.05) is 0 Å². The van der Waals surface area contributed by atoms with Gasteiger partial charge in [0.25, 0.3) is 5.04 Å². The molecule has 2 aromatic rings. The Kier molecular flexibility index (Phi) is 4.36. The Hall–Kier alpha value is -2.67. The third-order valence-corrected chi connectivity index (χ3v) is 5.36. The first-order valence-corrected chi connectivity index (χ1v) is 9.61. The van der Waals surface area contributed by atoms with E-state index >= 15 is 0 Å². The molecule has 0 fully saturated rings. The van der Waals surface area contributed by atoms with E-state index < -0.39 is 26.5 Å². The van der Waals surface area contributed by atoms with E-state index in [1.165, 1.54) is 11.1 Å². The van der Waals surface area contributed by atoms with Gasteiger partial charge in [0.15, 0.2) is 0 Å². The standard InChI is InChI=1S/C19H20N2O4S/c1-13-9-11-14(12-10-13)21-15-7-5-6-8-16(15)26(23,24)17(20-21)18(22)25-19(2,3)4/h5-12H,1-4H3. The maximum Gasteiger partial charge on any atom is 0.371 e. The van der Waals surface area contributed by atoms with Gasteiger partial charge in [-0.1, -0.05) is 29.8 Å². The van der Waals surface area contributed by atoms with Gasteiger partial charge in [0.05, 0.1) is 16.3 Å². The van der Waals surface area contributed by atoms with E-state index in [2.05, 4.69) is 5.10 Å². The number of hydrogen-bond acceptors (Lipinski definition) is 6. The normalized spacial score (nSPS) is 15.8. The Balaban J connectivity index is 2.18. The maximum atomic E-state index is 12.9. The van der Waals surface area contributed by atoms with Crippen LogP contribution in [-0.4, -0.2) is 25.0 Å². The predicted octanol–water partition coefficient (Wildman–Crippen LogP) is 3.58. The van der Waals surface area contributed by atoms with Crippen molar-refractivity contribution in [1.82, 2.24) is 0 Å². The summed E-state index contributed by atoms with van der Waals surface area (Å²) in [4.78, 5) is 12.5. The highest BCUT2D eigenvalue weighted by molar-refractivity contribution is 8.08. The smallest absolute Gasteiger partial charge is 0.371 e. The molecule has 0 saturated carbocycles. The number of ether oxygens (including phenoxy) is 1. The molecule has 0 unspecified atom stereocenters. The Bertz CT molecular complexity index is 987. The number of rotatable bonds is 2. The molecular formula is C19H20N2O4S. The van der Waals surface area contributed by atoms with Crippen molar-refractivity contribution in [1.29, 1.82) is 0 Å². The van der Waals surface area contributed by atoms with Gasteiger partial charge in [-0.15, -0.1) is 5.10 Å². The minimum Gasteiger partial charge on any atom is -0.455 e. The van der Waals surface area contributed by atoms with Gasteiger partial charge < -0.3 is 4.74 Å². The number of anilines is 2. The van der Waals surface area contributed by atoms with E-state index in [0.717, 1.165) is 5.56 Å². The predicted molar refractivity (Wildman–Crippen MR) is 100 cm³/mol. The molecule has 3 rings (SSSR count). The third kappa shape index (κ3) is 3.35. The van der Waals surface area contributed by atoms with Crippen LogP contribution in [0.15, 0.2) is 58.5 Å². The summed E-state index contributed by atoms with van der Waals surface area (Å²) in [6.45, 7) is 6.97. The van der Waals surface area contributed by atoms with Gasteiger partial charge in [-0.25, -0.2) is 18.2 Å². The zero-order chi connectivity index (χ0) is 19.1. The molecule has 0 bridgehead atoms. The highest BCUT2D eigenvalue weighted by atomic mass is 32.2. The number of carbonyl (C=O) groups excluding carboxylic acids is 1. The SMILES string of the molecule is Cc1ccc(N2N=C(C(=O)OC(C)(C)C)S(=O)(=O)c3ccccc32)cc1. The minimum absolute atomic E-state index is 0.0245. The van der Waals surface area contributed by atoms with Gasteiger partial charge in [-0.3, -0.25) is 0 Å². The fraction of sp³-hybridized carbons (Fsp3) is 0.263. The van der Waals surface area contributed by atoms with Crippen molar-refractivity contribution >= 4 is 32.2 Å².